The molecule has 1 unspecified atom stereocenters. The molecule has 0 aliphatic carbocycles. The summed E-state index contributed by atoms with van der Waals surface area (Å²) in [5, 5.41) is 11.2. The number of nitrogens with one attached hydrogen (secondary N) is 1. The minimum absolute atomic E-state index is 0.475. The Morgan fingerprint density at radius 2 is 2.33 bits per heavy atom. The van der Waals surface area contributed by atoms with Crippen molar-refractivity contribution in [2.24, 2.45) is 0 Å². The van der Waals surface area contributed by atoms with Gasteiger partial charge in [-0.05, 0) is 6.92 Å². The topological polar surface area (TPSA) is 69.6 Å². The number of hydrogen-bond donors (Lipinski definition) is 2. The van der Waals surface area contributed by atoms with Crippen LogP contribution in [0.1, 0.15) is 6.92 Å². The maximum atomic E-state index is 11.3. The average Bonchev–Trinajstić information content (AvgIpc) is 2.00. The predicted molar refractivity (Wildman–Crippen MR) is 41.1 cm³/mol. The standard InChI is InChI=1S/C7H10N2O3/c1-7(6(11)12)5(10)9(2)4-3-8-7/h3-4,8H,1-2H3,(H,11,12). The zero-order valence-corrected chi connectivity index (χ0v) is 6.87. The minimum Gasteiger partial charge on any atom is -0.479 e. The lowest BCUT2D eigenvalue weighted by molar-refractivity contribution is -0.152. The molecule has 1 amide bonds. The van der Waals surface area contributed by atoms with Crippen molar-refractivity contribution in [3.05, 3.63) is 12.4 Å². The summed E-state index contributed by atoms with van der Waals surface area (Å²) in [7, 11) is 1.51. The third-order valence-electron chi connectivity index (χ3n) is 1.85. The Labute approximate surface area is 69.7 Å². The van der Waals surface area contributed by atoms with Crippen LogP contribution in [0.4, 0.5) is 0 Å². The van der Waals surface area contributed by atoms with Crippen LogP contribution >= 0.6 is 0 Å². The SMILES string of the molecule is CN1C=CNC(C)(C(=O)O)C1=O. The molecule has 0 spiro atoms. The Kier molecular flexibility index (Phi) is 1.79. The van der Waals surface area contributed by atoms with E-state index in [-0.39, 0.29) is 0 Å². The van der Waals surface area contributed by atoms with Crippen molar-refractivity contribution >= 4 is 11.9 Å². The van der Waals surface area contributed by atoms with Crippen molar-refractivity contribution in [3.63, 3.8) is 0 Å². The van der Waals surface area contributed by atoms with E-state index in [0.717, 1.165) is 0 Å². The predicted octanol–water partition coefficient (Wildman–Crippen LogP) is -0.637. The molecule has 1 atom stereocenters. The molecule has 1 rings (SSSR count). The second-order valence-electron chi connectivity index (χ2n) is 2.81. The molecule has 1 aliphatic rings. The third kappa shape index (κ3) is 1.03. The van der Waals surface area contributed by atoms with Gasteiger partial charge < -0.3 is 15.3 Å². The van der Waals surface area contributed by atoms with Crippen molar-refractivity contribution in [2.45, 2.75) is 12.5 Å². The van der Waals surface area contributed by atoms with Crippen LogP contribution in [0.2, 0.25) is 0 Å². The van der Waals surface area contributed by atoms with Gasteiger partial charge in [-0.2, -0.15) is 0 Å². The molecule has 0 radical (unpaired) electrons. The molecule has 66 valence electrons. The highest BCUT2D eigenvalue weighted by molar-refractivity contribution is 6.07. The van der Waals surface area contributed by atoms with Gasteiger partial charge in [-0.15, -0.1) is 0 Å². The fourth-order valence-corrected chi connectivity index (χ4v) is 0.951. The Morgan fingerprint density at radius 1 is 1.75 bits per heavy atom. The third-order valence-corrected chi connectivity index (χ3v) is 1.85. The first-order chi connectivity index (χ1) is 5.48. The summed E-state index contributed by atoms with van der Waals surface area (Å²) in [5.74, 6) is -1.65. The van der Waals surface area contributed by atoms with E-state index in [0.29, 0.717) is 0 Å². The minimum atomic E-state index is -1.52. The maximum Gasteiger partial charge on any atom is 0.338 e. The van der Waals surface area contributed by atoms with Gasteiger partial charge in [0.15, 0.2) is 0 Å². The van der Waals surface area contributed by atoms with Crippen LogP contribution in [0.5, 0.6) is 0 Å². The molecule has 0 saturated heterocycles. The van der Waals surface area contributed by atoms with Crippen LogP contribution in [0.25, 0.3) is 0 Å². The molecule has 0 aromatic heterocycles. The molecule has 2 N–H and O–H groups in total. The van der Waals surface area contributed by atoms with Crippen LogP contribution in [0.3, 0.4) is 0 Å². The fraction of sp³-hybridized carbons (Fsp3) is 0.429. The first kappa shape index (κ1) is 8.58. The van der Waals surface area contributed by atoms with Crippen molar-refractivity contribution in [1.82, 2.24) is 10.2 Å². The van der Waals surface area contributed by atoms with Crippen molar-refractivity contribution in [3.8, 4) is 0 Å². The van der Waals surface area contributed by atoms with E-state index in [1.54, 1.807) is 0 Å². The highest BCUT2D eigenvalue weighted by atomic mass is 16.4. The second kappa shape index (κ2) is 2.51. The molecule has 0 bridgehead atoms. The lowest BCUT2D eigenvalue weighted by Gasteiger charge is -2.31. The summed E-state index contributed by atoms with van der Waals surface area (Å²) in [6.07, 6.45) is 2.92. The van der Waals surface area contributed by atoms with Crippen molar-refractivity contribution in [2.75, 3.05) is 7.05 Å². The molecule has 1 heterocycles. The fourth-order valence-electron chi connectivity index (χ4n) is 0.951. The highest BCUT2D eigenvalue weighted by Crippen LogP contribution is 2.12. The Bertz CT molecular complexity index is 261. The summed E-state index contributed by atoms with van der Waals surface area (Å²) in [4.78, 5) is 23.2. The molecule has 0 saturated carbocycles. The molecular formula is C7H10N2O3. The van der Waals surface area contributed by atoms with Gasteiger partial charge in [-0.1, -0.05) is 0 Å². The van der Waals surface area contributed by atoms with Crippen LogP contribution < -0.4 is 5.32 Å². The maximum absolute atomic E-state index is 11.3. The zero-order valence-electron chi connectivity index (χ0n) is 6.87. The summed E-state index contributed by atoms with van der Waals surface area (Å²) in [5.41, 5.74) is -1.52. The van der Waals surface area contributed by atoms with Gasteiger partial charge in [-0.25, -0.2) is 4.79 Å². The summed E-state index contributed by atoms with van der Waals surface area (Å²) in [6.45, 7) is 1.33. The number of carboxylic acids is 1. The van der Waals surface area contributed by atoms with Gasteiger partial charge in [0.25, 0.3) is 5.91 Å². The first-order valence-electron chi connectivity index (χ1n) is 3.43. The van der Waals surface area contributed by atoms with E-state index in [9.17, 15) is 9.59 Å². The Morgan fingerprint density at radius 3 is 2.75 bits per heavy atom. The second-order valence-corrected chi connectivity index (χ2v) is 2.81. The molecule has 1 aliphatic heterocycles. The van der Waals surface area contributed by atoms with Crippen molar-refractivity contribution in [1.29, 1.82) is 0 Å². The number of carbonyl (C=O) groups is 2. The number of carboxylic acid groups (broad SMARTS) is 1. The lowest BCUT2D eigenvalue weighted by Crippen LogP contribution is -2.60. The number of nitrogens with zero attached hydrogens (tertiary/aromatic N) is 1. The number of hydrogen-bond acceptors (Lipinski definition) is 3. The lowest BCUT2D eigenvalue weighted by atomic mass is 10.0. The van der Waals surface area contributed by atoms with Crippen LogP contribution in [0, 0.1) is 0 Å². The average molecular weight is 170 g/mol. The van der Waals surface area contributed by atoms with Gasteiger partial charge in [-0.3, -0.25) is 4.79 Å². The van der Waals surface area contributed by atoms with E-state index in [4.69, 9.17) is 5.11 Å². The normalized spacial score (nSPS) is 28.5. The molecule has 5 nitrogen and oxygen atoms in total. The molecular weight excluding hydrogens is 160 g/mol. The molecule has 0 fully saturated rings. The van der Waals surface area contributed by atoms with E-state index >= 15 is 0 Å². The van der Waals surface area contributed by atoms with Gasteiger partial charge in [0.05, 0.1) is 0 Å². The summed E-state index contributed by atoms with van der Waals surface area (Å²) in [6, 6.07) is 0. The molecule has 0 aromatic rings. The smallest absolute Gasteiger partial charge is 0.338 e. The molecule has 12 heavy (non-hydrogen) atoms. The van der Waals surface area contributed by atoms with E-state index < -0.39 is 17.4 Å². The van der Waals surface area contributed by atoms with E-state index in [1.165, 1.54) is 31.3 Å². The van der Waals surface area contributed by atoms with E-state index in [2.05, 4.69) is 5.32 Å². The van der Waals surface area contributed by atoms with Crippen LogP contribution in [-0.4, -0.2) is 34.5 Å². The largest absolute Gasteiger partial charge is 0.479 e. The number of likely N-dealkylation sites (N-methyl/N-ethyl adjacent to an activating group) is 1. The Balaban J connectivity index is 3.01. The van der Waals surface area contributed by atoms with Crippen LogP contribution in [-0.2, 0) is 9.59 Å². The first-order valence-corrected chi connectivity index (χ1v) is 3.43. The Hall–Kier alpha value is -1.52. The van der Waals surface area contributed by atoms with Crippen LogP contribution in [0.15, 0.2) is 12.4 Å². The molecule has 0 aromatic carbocycles. The highest BCUT2D eigenvalue weighted by Gasteiger charge is 2.43. The number of amides is 1. The van der Waals surface area contributed by atoms with Gasteiger partial charge in [0.2, 0.25) is 5.54 Å². The number of aliphatic carboxylic acids is 1. The van der Waals surface area contributed by atoms with Gasteiger partial charge in [0.1, 0.15) is 0 Å². The summed E-state index contributed by atoms with van der Waals surface area (Å²) >= 11 is 0. The van der Waals surface area contributed by atoms with Gasteiger partial charge >= 0.3 is 5.97 Å². The van der Waals surface area contributed by atoms with E-state index in [1.807, 2.05) is 0 Å². The monoisotopic (exact) mass is 170 g/mol. The number of rotatable bonds is 1. The van der Waals surface area contributed by atoms with Gasteiger partial charge in [0, 0.05) is 19.4 Å². The zero-order chi connectivity index (χ0) is 9.35. The van der Waals surface area contributed by atoms with Crippen molar-refractivity contribution < 1.29 is 14.7 Å². The number of carbonyl (C=O) groups excluding carboxylic acids is 1. The molecule has 5 heteroatoms. The quantitative estimate of drug-likeness (QED) is 0.514. The summed E-state index contributed by atoms with van der Waals surface area (Å²) < 4.78 is 0.